The summed E-state index contributed by atoms with van der Waals surface area (Å²) in [6.07, 6.45) is 6.25. The molecule has 0 radical (unpaired) electrons. The monoisotopic (exact) mass is 283 g/mol. The van der Waals surface area contributed by atoms with Crippen LogP contribution in [0, 0.1) is 0 Å². The number of hydrogen-bond donors (Lipinski definition) is 1. The van der Waals surface area contributed by atoms with E-state index in [2.05, 4.69) is 30.7 Å². The maximum absolute atomic E-state index is 6.21. The van der Waals surface area contributed by atoms with Gasteiger partial charge >= 0.3 is 0 Å². The standard InChI is InChI=1S/C16H33N3O/c1-4-15-12-16(13-17,8-11-20-15)18(3)14-6-9-19(5-2)10-7-14/h14-15H,4-13,17H2,1-3H3. The molecule has 4 nitrogen and oxygen atoms in total. The zero-order valence-electron chi connectivity index (χ0n) is 13.6. The van der Waals surface area contributed by atoms with Gasteiger partial charge in [0.15, 0.2) is 0 Å². The second-order valence-corrected chi connectivity index (χ2v) is 6.56. The molecule has 2 fully saturated rings. The van der Waals surface area contributed by atoms with E-state index in [0.717, 1.165) is 32.4 Å². The predicted octanol–water partition coefficient (Wildman–Crippen LogP) is 1.69. The predicted molar refractivity (Wildman–Crippen MR) is 83.9 cm³/mol. The van der Waals surface area contributed by atoms with E-state index < -0.39 is 0 Å². The molecule has 0 spiro atoms. The molecule has 20 heavy (non-hydrogen) atoms. The van der Waals surface area contributed by atoms with Crippen molar-refractivity contribution in [2.75, 3.05) is 39.8 Å². The molecular weight excluding hydrogens is 250 g/mol. The summed E-state index contributed by atoms with van der Waals surface area (Å²) >= 11 is 0. The minimum atomic E-state index is 0.165. The molecule has 2 unspecified atom stereocenters. The number of nitrogens with two attached hydrogens (primary N) is 1. The van der Waals surface area contributed by atoms with E-state index in [1.165, 1.54) is 32.5 Å². The molecular formula is C16H33N3O. The number of likely N-dealkylation sites (N-methyl/N-ethyl adjacent to an activating group) is 1. The Morgan fingerprint density at radius 1 is 1.30 bits per heavy atom. The van der Waals surface area contributed by atoms with Crippen molar-refractivity contribution in [3.05, 3.63) is 0 Å². The third kappa shape index (κ3) is 3.35. The minimum absolute atomic E-state index is 0.165. The molecule has 2 atom stereocenters. The van der Waals surface area contributed by atoms with Crippen molar-refractivity contribution in [2.24, 2.45) is 5.73 Å². The van der Waals surface area contributed by atoms with Gasteiger partial charge in [-0.3, -0.25) is 4.90 Å². The number of piperidine rings is 1. The Morgan fingerprint density at radius 3 is 2.55 bits per heavy atom. The summed E-state index contributed by atoms with van der Waals surface area (Å²) in [6, 6.07) is 0.692. The lowest BCUT2D eigenvalue weighted by atomic mass is 9.82. The smallest absolute Gasteiger partial charge is 0.0590 e. The fourth-order valence-corrected chi connectivity index (χ4v) is 3.92. The third-order valence-corrected chi connectivity index (χ3v) is 5.66. The van der Waals surface area contributed by atoms with Crippen LogP contribution >= 0.6 is 0 Å². The minimum Gasteiger partial charge on any atom is -0.378 e. The highest BCUT2D eigenvalue weighted by Gasteiger charge is 2.41. The van der Waals surface area contributed by atoms with Gasteiger partial charge in [0.25, 0.3) is 0 Å². The van der Waals surface area contributed by atoms with Crippen LogP contribution in [-0.2, 0) is 4.74 Å². The van der Waals surface area contributed by atoms with Gasteiger partial charge in [0, 0.05) is 24.7 Å². The molecule has 0 aromatic carbocycles. The highest BCUT2D eigenvalue weighted by molar-refractivity contribution is 4.98. The van der Waals surface area contributed by atoms with Gasteiger partial charge in [-0.05, 0) is 58.8 Å². The average Bonchev–Trinajstić information content (AvgIpc) is 2.54. The molecule has 0 aliphatic carbocycles. The zero-order chi connectivity index (χ0) is 14.6. The summed E-state index contributed by atoms with van der Waals surface area (Å²) in [7, 11) is 2.30. The molecule has 2 aliphatic rings. The molecule has 2 saturated heterocycles. The van der Waals surface area contributed by atoms with Gasteiger partial charge in [-0.25, -0.2) is 0 Å². The van der Waals surface area contributed by atoms with Crippen LogP contribution in [0.5, 0.6) is 0 Å². The lowest BCUT2D eigenvalue weighted by Crippen LogP contribution is -2.61. The van der Waals surface area contributed by atoms with Crippen LogP contribution in [0.15, 0.2) is 0 Å². The Hall–Kier alpha value is -0.160. The number of hydrogen-bond acceptors (Lipinski definition) is 4. The van der Waals surface area contributed by atoms with Gasteiger partial charge in [-0.15, -0.1) is 0 Å². The number of likely N-dealkylation sites (tertiary alicyclic amines) is 1. The topological polar surface area (TPSA) is 41.7 Å². The lowest BCUT2D eigenvalue weighted by Gasteiger charge is -2.51. The van der Waals surface area contributed by atoms with Crippen molar-refractivity contribution in [3.63, 3.8) is 0 Å². The molecule has 0 amide bonds. The van der Waals surface area contributed by atoms with Crippen molar-refractivity contribution in [3.8, 4) is 0 Å². The van der Waals surface area contributed by atoms with E-state index in [4.69, 9.17) is 10.5 Å². The van der Waals surface area contributed by atoms with Crippen LogP contribution in [-0.4, -0.2) is 67.3 Å². The van der Waals surface area contributed by atoms with E-state index in [1.807, 2.05) is 0 Å². The molecule has 118 valence electrons. The molecule has 0 saturated carbocycles. The Bertz CT molecular complexity index is 291. The first-order chi connectivity index (χ1) is 9.65. The molecule has 0 bridgehead atoms. The quantitative estimate of drug-likeness (QED) is 0.834. The maximum Gasteiger partial charge on any atom is 0.0590 e. The summed E-state index contributed by atoms with van der Waals surface area (Å²) in [5.74, 6) is 0. The lowest BCUT2D eigenvalue weighted by molar-refractivity contribution is -0.0817. The van der Waals surface area contributed by atoms with Crippen LogP contribution in [0.25, 0.3) is 0 Å². The molecule has 0 aromatic rings. The Morgan fingerprint density at radius 2 is 2.00 bits per heavy atom. The molecule has 4 heteroatoms. The Labute approximate surface area is 124 Å². The SMILES string of the molecule is CCC1CC(CN)(N(C)C2CCN(CC)CC2)CCO1. The van der Waals surface area contributed by atoms with Crippen LogP contribution < -0.4 is 5.73 Å². The van der Waals surface area contributed by atoms with Gasteiger partial charge in [0.05, 0.1) is 6.10 Å². The molecule has 2 heterocycles. The molecule has 2 rings (SSSR count). The fraction of sp³-hybridized carbons (Fsp3) is 1.00. The highest BCUT2D eigenvalue weighted by atomic mass is 16.5. The summed E-state index contributed by atoms with van der Waals surface area (Å²) in [4.78, 5) is 5.17. The van der Waals surface area contributed by atoms with Crippen LogP contribution in [0.3, 0.4) is 0 Å². The zero-order valence-corrected chi connectivity index (χ0v) is 13.6. The third-order valence-electron chi connectivity index (χ3n) is 5.66. The average molecular weight is 283 g/mol. The van der Waals surface area contributed by atoms with Gasteiger partial charge in [-0.1, -0.05) is 13.8 Å². The first-order valence-electron chi connectivity index (χ1n) is 8.42. The van der Waals surface area contributed by atoms with Crippen molar-refractivity contribution in [1.82, 2.24) is 9.80 Å². The fourth-order valence-electron chi connectivity index (χ4n) is 3.92. The molecule has 2 aliphatic heterocycles. The van der Waals surface area contributed by atoms with Gasteiger partial charge in [0.1, 0.15) is 0 Å². The normalized spacial score (nSPS) is 33.8. The van der Waals surface area contributed by atoms with Crippen LogP contribution in [0.1, 0.15) is 46.0 Å². The second-order valence-electron chi connectivity index (χ2n) is 6.56. The van der Waals surface area contributed by atoms with Gasteiger partial charge in [-0.2, -0.15) is 0 Å². The van der Waals surface area contributed by atoms with Crippen molar-refractivity contribution in [2.45, 2.75) is 63.6 Å². The van der Waals surface area contributed by atoms with E-state index in [9.17, 15) is 0 Å². The van der Waals surface area contributed by atoms with Crippen molar-refractivity contribution in [1.29, 1.82) is 0 Å². The highest BCUT2D eigenvalue weighted by Crippen LogP contribution is 2.34. The van der Waals surface area contributed by atoms with Crippen molar-refractivity contribution >= 4 is 0 Å². The van der Waals surface area contributed by atoms with E-state index in [1.54, 1.807) is 0 Å². The number of rotatable bonds is 5. The Balaban J connectivity index is 1.99. The maximum atomic E-state index is 6.21. The van der Waals surface area contributed by atoms with E-state index in [0.29, 0.717) is 12.1 Å². The summed E-state index contributed by atoms with van der Waals surface area (Å²) < 4.78 is 5.87. The van der Waals surface area contributed by atoms with Crippen LogP contribution in [0.2, 0.25) is 0 Å². The summed E-state index contributed by atoms with van der Waals surface area (Å²) in [6.45, 7) is 9.77. The van der Waals surface area contributed by atoms with Crippen molar-refractivity contribution < 1.29 is 4.74 Å². The van der Waals surface area contributed by atoms with Crippen LogP contribution in [0.4, 0.5) is 0 Å². The Kier molecular flexibility index (Phi) is 5.84. The molecule has 0 aromatic heterocycles. The van der Waals surface area contributed by atoms with Gasteiger partial charge < -0.3 is 15.4 Å². The van der Waals surface area contributed by atoms with E-state index in [-0.39, 0.29) is 5.54 Å². The summed E-state index contributed by atoms with van der Waals surface area (Å²) in [5.41, 5.74) is 6.37. The number of nitrogens with zero attached hydrogens (tertiary/aromatic N) is 2. The van der Waals surface area contributed by atoms with Gasteiger partial charge in [0.2, 0.25) is 0 Å². The van der Waals surface area contributed by atoms with E-state index >= 15 is 0 Å². The summed E-state index contributed by atoms with van der Waals surface area (Å²) in [5, 5.41) is 0. The second kappa shape index (κ2) is 7.21. The molecule has 2 N–H and O–H groups in total. The number of ether oxygens (including phenoxy) is 1. The largest absolute Gasteiger partial charge is 0.378 e. The first kappa shape index (κ1) is 16.2. The first-order valence-corrected chi connectivity index (χ1v) is 8.42.